The van der Waals surface area contributed by atoms with Crippen LogP contribution in [0.4, 0.5) is 4.39 Å². The predicted molar refractivity (Wildman–Crippen MR) is 82.8 cm³/mol. The third-order valence-electron chi connectivity index (χ3n) is 3.29. The molecule has 3 rings (SSSR count). The van der Waals surface area contributed by atoms with Crippen molar-refractivity contribution in [2.75, 3.05) is 0 Å². The molecule has 0 bridgehead atoms. The van der Waals surface area contributed by atoms with Gasteiger partial charge in [-0.3, -0.25) is 0 Å². The monoisotopic (exact) mass is 325 g/mol. The van der Waals surface area contributed by atoms with E-state index in [0.717, 1.165) is 12.1 Å². The first kappa shape index (κ1) is 14.6. The standard InChI is InChI=1S/C16H14Cl2FNO/c17-13-8-12(4-5-15(13)19)21-16-6-1-10(7-14(16)18)9-20-11-2-3-11/h1,4-8,11,20H,2-3,9H2. The fraction of sp³-hybridized carbons (Fsp3) is 0.250. The Hall–Kier alpha value is -1.29. The molecule has 0 amide bonds. The minimum absolute atomic E-state index is 0.0221. The molecule has 21 heavy (non-hydrogen) atoms. The molecule has 0 aliphatic heterocycles. The average Bonchev–Trinajstić information content (AvgIpc) is 3.27. The molecule has 0 radical (unpaired) electrons. The van der Waals surface area contributed by atoms with Crippen molar-refractivity contribution in [1.29, 1.82) is 0 Å². The molecular weight excluding hydrogens is 312 g/mol. The predicted octanol–water partition coefficient (Wildman–Crippen LogP) is 5.18. The molecule has 0 unspecified atom stereocenters. The van der Waals surface area contributed by atoms with Crippen molar-refractivity contribution < 1.29 is 9.13 Å². The van der Waals surface area contributed by atoms with Gasteiger partial charge in [-0.05, 0) is 42.7 Å². The SMILES string of the molecule is Fc1ccc(Oc2ccc(CNC3CC3)cc2Cl)cc1Cl. The van der Waals surface area contributed by atoms with Crippen LogP contribution in [0.1, 0.15) is 18.4 Å². The minimum Gasteiger partial charge on any atom is -0.456 e. The van der Waals surface area contributed by atoms with E-state index in [1.807, 2.05) is 18.2 Å². The summed E-state index contributed by atoms with van der Waals surface area (Å²) < 4.78 is 18.7. The van der Waals surface area contributed by atoms with Gasteiger partial charge in [-0.2, -0.15) is 0 Å². The van der Waals surface area contributed by atoms with E-state index in [-0.39, 0.29) is 5.02 Å². The number of hydrogen-bond donors (Lipinski definition) is 1. The van der Waals surface area contributed by atoms with Gasteiger partial charge < -0.3 is 10.1 Å². The normalized spacial score (nSPS) is 14.2. The molecule has 2 aromatic rings. The first-order valence-electron chi connectivity index (χ1n) is 6.76. The zero-order valence-corrected chi connectivity index (χ0v) is 12.7. The highest BCUT2D eigenvalue weighted by atomic mass is 35.5. The Morgan fingerprint density at radius 2 is 1.90 bits per heavy atom. The minimum atomic E-state index is -0.475. The van der Waals surface area contributed by atoms with Crippen LogP contribution >= 0.6 is 23.2 Å². The van der Waals surface area contributed by atoms with Crippen molar-refractivity contribution >= 4 is 23.2 Å². The Bertz CT molecular complexity index is 659. The van der Waals surface area contributed by atoms with Crippen molar-refractivity contribution in [2.45, 2.75) is 25.4 Å². The molecule has 2 nitrogen and oxygen atoms in total. The number of hydrogen-bond acceptors (Lipinski definition) is 2. The summed E-state index contributed by atoms with van der Waals surface area (Å²) in [6.07, 6.45) is 2.50. The zero-order valence-electron chi connectivity index (χ0n) is 11.2. The molecule has 1 saturated carbocycles. The van der Waals surface area contributed by atoms with Crippen LogP contribution in [-0.2, 0) is 6.54 Å². The highest BCUT2D eigenvalue weighted by Gasteiger charge is 2.20. The van der Waals surface area contributed by atoms with Crippen LogP contribution in [0.5, 0.6) is 11.5 Å². The zero-order chi connectivity index (χ0) is 14.8. The van der Waals surface area contributed by atoms with Crippen molar-refractivity contribution in [3.8, 4) is 11.5 Å². The molecule has 1 aliphatic rings. The number of benzene rings is 2. The van der Waals surface area contributed by atoms with E-state index in [0.29, 0.717) is 22.6 Å². The molecule has 5 heteroatoms. The number of halogens is 3. The number of ether oxygens (including phenoxy) is 1. The molecule has 0 spiro atoms. The van der Waals surface area contributed by atoms with Gasteiger partial charge in [-0.15, -0.1) is 0 Å². The Morgan fingerprint density at radius 3 is 2.57 bits per heavy atom. The van der Waals surface area contributed by atoms with Crippen molar-refractivity contribution in [1.82, 2.24) is 5.32 Å². The lowest BCUT2D eigenvalue weighted by Crippen LogP contribution is -2.15. The van der Waals surface area contributed by atoms with Crippen LogP contribution < -0.4 is 10.1 Å². The van der Waals surface area contributed by atoms with Gasteiger partial charge in [0.1, 0.15) is 17.3 Å². The molecule has 0 aromatic heterocycles. The Morgan fingerprint density at radius 1 is 1.10 bits per heavy atom. The number of rotatable bonds is 5. The quantitative estimate of drug-likeness (QED) is 0.818. The van der Waals surface area contributed by atoms with E-state index in [4.69, 9.17) is 27.9 Å². The van der Waals surface area contributed by atoms with Gasteiger partial charge in [-0.25, -0.2) is 4.39 Å². The molecule has 0 saturated heterocycles. The van der Waals surface area contributed by atoms with E-state index in [1.54, 1.807) is 0 Å². The van der Waals surface area contributed by atoms with Crippen LogP contribution in [0.2, 0.25) is 10.0 Å². The first-order chi connectivity index (χ1) is 10.1. The van der Waals surface area contributed by atoms with Crippen LogP contribution in [-0.4, -0.2) is 6.04 Å². The van der Waals surface area contributed by atoms with Gasteiger partial charge in [-0.1, -0.05) is 29.3 Å². The van der Waals surface area contributed by atoms with Crippen molar-refractivity contribution in [2.24, 2.45) is 0 Å². The summed E-state index contributed by atoms with van der Waals surface area (Å²) in [6.45, 7) is 0.799. The van der Waals surface area contributed by atoms with Crippen molar-refractivity contribution in [3.05, 3.63) is 57.8 Å². The number of nitrogens with one attached hydrogen (secondary N) is 1. The van der Waals surface area contributed by atoms with Gasteiger partial charge in [0.2, 0.25) is 0 Å². The fourth-order valence-electron chi connectivity index (χ4n) is 1.95. The van der Waals surface area contributed by atoms with Crippen LogP contribution in [0.15, 0.2) is 36.4 Å². The summed E-state index contributed by atoms with van der Waals surface area (Å²) in [5.41, 5.74) is 1.11. The summed E-state index contributed by atoms with van der Waals surface area (Å²) in [5.74, 6) is 0.498. The third-order valence-corrected chi connectivity index (χ3v) is 3.87. The lowest BCUT2D eigenvalue weighted by Gasteiger charge is -2.10. The van der Waals surface area contributed by atoms with Gasteiger partial charge >= 0.3 is 0 Å². The maximum atomic E-state index is 13.1. The maximum Gasteiger partial charge on any atom is 0.146 e. The van der Waals surface area contributed by atoms with E-state index in [1.165, 1.54) is 31.0 Å². The maximum absolute atomic E-state index is 13.1. The van der Waals surface area contributed by atoms with E-state index in [2.05, 4.69) is 5.32 Å². The van der Waals surface area contributed by atoms with Gasteiger partial charge in [0.05, 0.1) is 10.0 Å². The molecular formula is C16H14Cl2FNO. The highest BCUT2D eigenvalue weighted by molar-refractivity contribution is 6.32. The lowest BCUT2D eigenvalue weighted by molar-refractivity contribution is 0.480. The Kier molecular flexibility index (Phi) is 4.34. The molecule has 0 heterocycles. The van der Waals surface area contributed by atoms with Crippen LogP contribution in [0.3, 0.4) is 0 Å². The summed E-state index contributed by atoms with van der Waals surface area (Å²) >= 11 is 11.9. The van der Waals surface area contributed by atoms with Crippen LogP contribution in [0, 0.1) is 5.82 Å². The summed E-state index contributed by atoms with van der Waals surface area (Å²) in [5, 5.41) is 3.97. The molecule has 1 aliphatic carbocycles. The fourth-order valence-corrected chi connectivity index (χ4v) is 2.37. The van der Waals surface area contributed by atoms with Crippen LogP contribution in [0.25, 0.3) is 0 Å². The highest BCUT2D eigenvalue weighted by Crippen LogP contribution is 2.32. The largest absolute Gasteiger partial charge is 0.456 e. The van der Waals surface area contributed by atoms with E-state index >= 15 is 0 Å². The third kappa shape index (κ3) is 3.88. The topological polar surface area (TPSA) is 21.3 Å². The summed E-state index contributed by atoms with van der Waals surface area (Å²) in [7, 11) is 0. The van der Waals surface area contributed by atoms with E-state index < -0.39 is 5.82 Å². The lowest BCUT2D eigenvalue weighted by atomic mass is 10.2. The second kappa shape index (κ2) is 6.22. The van der Waals surface area contributed by atoms with Gasteiger partial charge in [0.25, 0.3) is 0 Å². The van der Waals surface area contributed by atoms with Gasteiger partial charge in [0.15, 0.2) is 0 Å². The second-order valence-corrected chi connectivity index (χ2v) is 5.91. The van der Waals surface area contributed by atoms with Gasteiger partial charge in [0, 0.05) is 18.7 Å². The van der Waals surface area contributed by atoms with Crippen molar-refractivity contribution in [3.63, 3.8) is 0 Å². The smallest absolute Gasteiger partial charge is 0.146 e. The summed E-state index contributed by atoms with van der Waals surface area (Å²) in [6, 6.07) is 10.5. The first-order valence-corrected chi connectivity index (χ1v) is 7.52. The summed E-state index contributed by atoms with van der Waals surface area (Å²) in [4.78, 5) is 0. The Balaban J connectivity index is 1.70. The second-order valence-electron chi connectivity index (χ2n) is 5.10. The molecule has 110 valence electrons. The molecule has 1 N–H and O–H groups in total. The molecule has 2 aromatic carbocycles. The molecule has 0 atom stereocenters. The Labute approximate surface area is 132 Å². The van der Waals surface area contributed by atoms with E-state index in [9.17, 15) is 4.39 Å². The molecule has 1 fully saturated rings. The average molecular weight is 326 g/mol.